The Bertz CT molecular complexity index is 730. The zero-order valence-electron chi connectivity index (χ0n) is 16.1. The van der Waals surface area contributed by atoms with Crippen molar-refractivity contribution in [3.63, 3.8) is 0 Å². The van der Waals surface area contributed by atoms with Crippen LogP contribution >= 0.6 is 0 Å². The molecule has 2 aromatic rings. The third kappa shape index (κ3) is 5.60. The van der Waals surface area contributed by atoms with E-state index in [1.165, 1.54) is 0 Å². The zero-order chi connectivity index (χ0) is 18.3. The first-order valence-electron chi connectivity index (χ1n) is 8.07. The molecule has 2 aromatic heterocycles. The van der Waals surface area contributed by atoms with Gasteiger partial charge in [-0.1, -0.05) is 0 Å². The normalized spacial score (nSPS) is 13.2. The number of rotatable bonds is 6. The summed E-state index contributed by atoms with van der Waals surface area (Å²) in [5.74, 6) is 0.491. The molecule has 7 nitrogen and oxygen atoms in total. The Hall–Kier alpha value is -1.40. The number of aromatic nitrogens is 4. The second-order valence-corrected chi connectivity index (χ2v) is 22.0. The van der Waals surface area contributed by atoms with Crippen molar-refractivity contribution in [2.75, 3.05) is 0 Å². The zero-order valence-corrected chi connectivity index (χ0v) is 19.1. The van der Waals surface area contributed by atoms with Crippen molar-refractivity contribution >= 4 is 36.1 Å². The molecule has 0 spiro atoms. The predicted molar refractivity (Wildman–Crippen MR) is 104 cm³/mol. The largest absolute Gasteiger partial charge is 0.530 e. The minimum Gasteiger partial charge on any atom is -0.530 e. The van der Waals surface area contributed by atoms with Crippen LogP contribution in [0.3, 0.4) is 0 Å². The fraction of sp³-hybridized carbons (Fsp3) is 0.643. The highest BCUT2D eigenvalue weighted by atomic mass is 28.4. The van der Waals surface area contributed by atoms with Gasteiger partial charge in [0.1, 0.15) is 5.52 Å². The Morgan fingerprint density at radius 2 is 1.21 bits per heavy atom. The van der Waals surface area contributed by atoms with Crippen LogP contribution in [-0.4, -0.2) is 44.9 Å². The highest BCUT2D eigenvalue weighted by Crippen LogP contribution is 2.28. The average molecular weight is 385 g/mol. The standard InChI is InChI=1S/C14H28N4O3Si3/c1-22(2,3)19-12-10-11(16-13(15-10)20-23(4,5)6)17-14(18-12)21-24(7,8)9/h1-9H3,(H,15,16,17,18). The second kappa shape index (κ2) is 6.15. The van der Waals surface area contributed by atoms with Crippen molar-refractivity contribution in [3.05, 3.63) is 0 Å². The van der Waals surface area contributed by atoms with Crippen LogP contribution in [0, 0.1) is 0 Å². The lowest BCUT2D eigenvalue weighted by Gasteiger charge is -2.21. The summed E-state index contributed by atoms with van der Waals surface area (Å²) in [5, 5.41) is 0. The van der Waals surface area contributed by atoms with Gasteiger partial charge in [0.05, 0.1) is 0 Å². The maximum atomic E-state index is 6.12. The Kier molecular flexibility index (Phi) is 4.85. The molecule has 1 N–H and O–H groups in total. The van der Waals surface area contributed by atoms with Crippen molar-refractivity contribution in [2.45, 2.75) is 58.9 Å². The van der Waals surface area contributed by atoms with Gasteiger partial charge in [-0.05, 0) is 58.9 Å². The van der Waals surface area contributed by atoms with E-state index in [9.17, 15) is 0 Å². The number of nitrogens with zero attached hydrogens (tertiary/aromatic N) is 3. The Balaban J connectivity index is 2.52. The molecule has 0 aromatic carbocycles. The van der Waals surface area contributed by atoms with Gasteiger partial charge in [0.25, 0.3) is 6.01 Å². The van der Waals surface area contributed by atoms with Crippen LogP contribution in [-0.2, 0) is 0 Å². The van der Waals surface area contributed by atoms with E-state index >= 15 is 0 Å². The number of aromatic amines is 1. The van der Waals surface area contributed by atoms with Crippen LogP contribution < -0.4 is 13.3 Å². The lowest BCUT2D eigenvalue weighted by atomic mass is 10.5. The summed E-state index contributed by atoms with van der Waals surface area (Å²) in [6.07, 6.45) is 0. The molecule has 0 aliphatic rings. The monoisotopic (exact) mass is 384 g/mol. The predicted octanol–water partition coefficient (Wildman–Crippen LogP) is 3.99. The Morgan fingerprint density at radius 1 is 0.667 bits per heavy atom. The molecule has 0 fully saturated rings. The summed E-state index contributed by atoms with van der Waals surface area (Å²) in [7, 11) is -5.45. The summed E-state index contributed by atoms with van der Waals surface area (Å²) in [5.41, 5.74) is 1.17. The molecule has 0 saturated heterocycles. The molecule has 10 heteroatoms. The van der Waals surface area contributed by atoms with E-state index in [4.69, 9.17) is 13.3 Å². The highest BCUT2D eigenvalue weighted by Gasteiger charge is 2.26. The molecule has 0 amide bonds. The average Bonchev–Trinajstić information content (AvgIpc) is 2.64. The summed E-state index contributed by atoms with van der Waals surface area (Å²) in [6.45, 7) is 18.9. The van der Waals surface area contributed by atoms with Gasteiger partial charge < -0.3 is 18.3 Å². The molecule has 2 heterocycles. The Morgan fingerprint density at radius 3 is 1.71 bits per heavy atom. The Labute approximate surface area is 146 Å². The molecule has 134 valence electrons. The van der Waals surface area contributed by atoms with Gasteiger partial charge in [0, 0.05) is 0 Å². The molecular weight excluding hydrogens is 356 g/mol. The molecule has 0 aliphatic heterocycles. The van der Waals surface area contributed by atoms with Gasteiger partial charge in [0.2, 0.25) is 30.8 Å². The van der Waals surface area contributed by atoms with Gasteiger partial charge in [0.15, 0.2) is 5.65 Å². The minimum absolute atomic E-state index is 0.320. The molecule has 0 bridgehead atoms. The molecule has 0 radical (unpaired) electrons. The summed E-state index contributed by atoms with van der Waals surface area (Å²) >= 11 is 0. The number of hydrogen-bond acceptors (Lipinski definition) is 6. The van der Waals surface area contributed by atoms with E-state index < -0.39 is 25.0 Å². The van der Waals surface area contributed by atoms with Gasteiger partial charge in [-0.25, -0.2) is 0 Å². The maximum absolute atomic E-state index is 6.12. The third-order valence-electron chi connectivity index (χ3n) is 2.48. The van der Waals surface area contributed by atoms with Crippen molar-refractivity contribution < 1.29 is 13.3 Å². The van der Waals surface area contributed by atoms with E-state index in [0.29, 0.717) is 29.1 Å². The number of H-pyrrole nitrogens is 1. The van der Waals surface area contributed by atoms with Crippen LogP contribution in [0.4, 0.5) is 0 Å². The van der Waals surface area contributed by atoms with Crippen molar-refractivity contribution in [3.8, 4) is 17.9 Å². The lowest BCUT2D eigenvalue weighted by Crippen LogP contribution is -2.32. The quantitative estimate of drug-likeness (QED) is 0.758. The third-order valence-corrected chi connectivity index (χ3v) is 4.89. The van der Waals surface area contributed by atoms with Crippen LogP contribution in [0.1, 0.15) is 0 Å². The van der Waals surface area contributed by atoms with E-state index in [1.807, 2.05) is 0 Å². The molecule has 0 unspecified atom stereocenters. The summed E-state index contributed by atoms with van der Waals surface area (Å²) in [4.78, 5) is 16.5. The highest BCUT2D eigenvalue weighted by molar-refractivity contribution is 6.71. The molecule has 2 rings (SSSR count). The molecule has 0 aliphatic carbocycles. The number of fused-ring (bicyclic) bond motifs is 1. The first-order valence-corrected chi connectivity index (χ1v) is 18.3. The van der Waals surface area contributed by atoms with Crippen molar-refractivity contribution in [1.29, 1.82) is 0 Å². The first kappa shape index (κ1) is 18.9. The second-order valence-electron chi connectivity index (χ2n) is 8.70. The smallest absolute Gasteiger partial charge is 0.308 e. The van der Waals surface area contributed by atoms with E-state index in [-0.39, 0.29) is 0 Å². The van der Waals surface area contributed by atoms with Gasteiger partial charge >= 0.3 is 6.01 Å². The maximum Gasteiger partial charge on any atom is 0.308 e. The topological polar surface area (TPSA) is 82.2 Å². The van der Waals surface area contributed by atoms with E-state index in [0.717, 1.165) is 0 Å². The molecule has 0 saturated carbocycles. The van der Waals surface area contributed by atoms with Gasteiger partial charge in [-0.3, -0.25) is 0 Å². The first-order chi connectivity index (χ1) is 10.7. The van der Waals surface area contributed by atoms with Crippen molar-refractivity contribution in [1.82, 2.24) is 19.9 Å². The fourth-order valence-corrected chi connectivity index (χ4v) is 3.90. The molecular formula is C14H28N4O3Si3. The van der Waals surface area contributed by atoms with Gasteiger partial charge in [-0.15, -0.1) is 0 Å². The van der Waals surface area contributed by atoms with Crippen LogP contribution in [0.5, 0.6) is 17.9 Å². The number of nitrogens with one attached hydrogen (secondary N) is 1. The SMILES string of the molecule is C[Si](C)(C)Oc1nc(O[Si](C)(C)C)c2[nH]c(O[Si](C)(C)C)nc2n1. The van der Waals surface area contributed by atoms with Crippen LogP contribution in [0.25, 0.3) is 11.2 Å². The number of imidazole rings is 1. The van der Waals surface area contributed by atoms with E-state index in [1.54, 1.807) is 0 Å². The number of hydrogen-bond donors (Lipinski definition) is 1. The summed E-state index contributed by atoms with van der Waals surface area (Å²) < 4.78 is 18.0. The molecule has 24 heavy (non-hydrogen) atoms. The molecule has 0 atom stereocenters. The fourth-order valence-electron chi connectivity index (χ4n) is 1.85. The van der Waals surface area contributed by atoms with Crippen LogP contribution in [0.2, 0.25) is 58.9 Å². The minimum atomic E-state index is -1.85. The van der Waals surface area contributed by atoms with Crippen molar-refractivity contribution in [2.24, 2.45) is 0 Å². The van der Waals surface area contributed by atoms with Gasteiger partial charge in [-0.2, -0.15) is 15.0 Å². The lowest BCUT2D eigenvalue weighted by molar-refractivity contribution is 0.481. The van der Waals surface area contributed by atoms with Crippen LogP contribution in [0.15, 0.2) is 0 Å². The van der Waals surface area contributed by atoms with E-state index in [2.05, 4.69) is 78.9 Å². The summed E-state index contributed by atoms with van der Waals surface area (Å²) in [6, 6.07) is 0.782.